The van der Waals surface area contributed by atoms with Gasteiger partial charge >= 0.3 is 0 Å². The summed E-state index contributed by atoms with van der Waals surface area (Å²) in [6, 6.07) is 13.4. The molecular formula is C28H35NO6. The molecule has 2 aromatic rings. The summed E-state index contributed by atoms with van der Waals surface area (Å²) >= 11 is 0. The zero-order chi connectivity index (χ0) is 24.7. The topological polar surface area (TPSA) is 66.5 Å². The Morgan fingerprint density at radius 1 is 1.11 bits per heavy atom. The molecule has 0 bridgehead atoms. The van der Waals surface area contributed by atoms with Gasteiger partial charge in [0.05, 0.1) is 40.1 Å². The molecule has 1 unspecified atom stereocenters. The van der Waals surface area contributed by atoms with Crippen LogP contribution in [0.3, 0.4) is 0 Å². The summed E-state index contributed by atoms with van der Waals surface area (Å²) in [5.74, 6) is 2.07. The third kappa shape index (κ3) is 6.77. The van der Waals surface area contributed by atoms with Gasteiger partial charge in [-0.3, -0.25) is 4.79 Å². The SMILES string of the molecule is COc1ccc(/C=C/C(=O)N(Cc2ccc(OC)c(OCC3(C)COC3)c2)CC2CCCO2)cc1. The minimum atomic E-state index is -0.0614. The van der Waals surface area contributed by atoms with Crippen molar-refractivity contribution in [1.29, 1.82) is 0 Å². The van der Waals surface area contributed by atoms with Crippen molar-refractivity contribution in [1.82, 2.24) is 4.90 Å². The van der Waals surface area contributed by atoms with Crippen molar-refractivity contribution in [2.75, 3.05) is 47.2 Å². The van der Waals surface area contributed by atoms with E-state index >= 15 is 0 Å². The quantitative estimate of drug-likeness (QED) is 0.445. The number of carbonyl (C=O) groups excluding carboxylic acids is 1. The molecule has 1 amide bonds. The van der Waals surface area contributed by atoms with Crippen LogP contribution in [0, 0.1) is 5.41 Å². The molecule has 0 saturated carbocycles. The lowest BCUT2D eigenvalue weighted by atomic mass is 9.90. The lowest BCUT2D eigenvalue weighted by Gasteiger charge is -2.37. The highest BCUT2D eigenvalue weighted by Gasteiger charge is 2.34. The summed E-state index contributed by atoms with van der Waals surface area (Å²) in [5.41, 5.74) is 1.93. The maximum absolute atomic E-state index is 13.2. The van der Waals surface area contributed by atoms with Gasteiger partial charge in [0, 0.05) is 31.2 Å². The van der Waals surface area contributed by atoms with Gasteiger partial charge in [-0.05, 0) is 54.3 Å². The van der Waals surface area contributed by atoms with Gasteiger partial charge in [-0.15, -0.1) is 0 Å². The van der Waals surface area contributed by atoms with Gasteiger partial charge in [0.1, 0.15) is 5.75 Å². The number of amides is 1. The van der Waals surface area contributed by atoms with Crippen molar-refractivity contribution < 1.29 is 28.5 Å². The molecule has 1 atom stereocenters. The van der Waals surface area contributed by atoms with Crippen molar-refractivity contribution in [3.8, 4) is 17.2 Å². The zero-order valence-corrected chi connectivity index (χ0v) is 20.8. The second-order valence-electron chi connectivity index (χ2n) is 9.54. The van der Waals surface area contributed by atoms with Crippen molar-refractivity contribution in [3.63, 3.8) is 0 Å². The first-order valence-electron chi connectivity index (χ1n) is 12.1. The highest BCUT2D eigenvalue weighted by atomic mass is 16.5. The number of carbonyl (C=O) groups is 1. The Morgan fingerprint density at radius 3 is 2.54 bits per heavy atom. The molecule has 0 N–H and O–H groups in total. The molecule has 7 nitrogen and oxygen atoms in total. The molecule has 4 rings (SSSR count). The molecule has 2 fully saturated rings. The fraction of sp³-hybridized carbons (Fsp3) is 0.464. The minimum absolute atomic E-state index is 0.0229. The summed E-state index contributed by atoms with van der Waals surface area (Å²) in [6.45, 7) is 5.82. The standard InChI is InChI=1S/C28H35NO6/c1-28(18-33-19-28)20-35-26-15-22(8-12-25(26)32-3)16-29(17-24-5-4-14-34-24)27(30)13-9-21-6-10-23(31-2)11-7-21/h6-13,15,24H,4-5,14,16-20H2,1-3H3/b13-9+. The summed E-state index contributed by atoms with van der Waals surface area (Å²) in [4.78, 5) is 15.1. The highest BCUT2D eigenvalue weighted by Crippen LogP contribution is 2.33. The fourth-order valence-electron chi connectivity index (χ4n) is 4.19. The smallest absolute Gasteiger partial charge is 0.246 e. The van der Waals surface area contributed by atoms with E-state index in [-0.39, 0.29) is 17.4 Å². The van der Waals surface area contributed by atoms with E-state index < -0.39 is 0 Å². The number of hydrogen-bond donors (Lipinski definition) is 0. The van der Waals surface area contributed by atoms with Crippen LogP contribution in [0.2, 0.25) is 0 Å². The number of rotatable bonds is 11. The van der Waals surface area contributed by atoms with Crippen molar-refractivity contribution in [2.45, 2.75) is 32.4 Å². The number of nitrogens with zero attached hydrogens (tertiary/aromatic N) is 1. The van der Waals surface area contributed by atoms with Gasteiger partial charge in [-0.2, -0.15) is 0 Å². The van der Waals surface area contributed by atoms with Crippen LogP contribution in [-0.2, 0) is 20.8 Å². The van der Waals surface area contributed by atoms with Gasteiger partial charge in [0.2, 0.25) is 5.91 Å². The molecule has 0 aromatic heterocycles. The first-order chi connectivity index (χ1) is 17.0. The third-order valence-electron chi connectivity index (χ3n) is 6.37. The maximum Gasteiger partial charge on any atom is 0.246 e. The Morgan fingerprint density at radius 2 is 1.91 bits per heavy atom. The normalized spacial score (nSPS) is 18.8. The Hall–Kier alpha value is -3.03. The van der Waals surface area contributed by atoms with E-state index in [0.29, 0.717) is 44.4 Å². The van der Waals surface area contributed by atoms with E-state index in [4.69, 9.17) is 23.7 Å². The summed E-state index contributed by atoms with van der Waals surface area (Å²) in [5, 5.41) is 0. The summed E-state index contributed by atoms with van der Waals surface area (Å²) in [7, 11) is 3.27. The first-order valence-corrected chi connectivity index (χ1v) is 12.1. The van der Waals surface area contributed by atoms with Crippen LogP contribution in [-0.4, -0.2) is 64.1 Å². The Bertz CT molecular complexity index is 1010. The van der Waals surface area contributed by atoms with E-state index in [2.05, 4.69) is 6.92 Å². The van der Waals surface area contributed by atoms with Crippen molar-refractivity contribution in [2.24, 2.45) is 5.41 Å². The molecule has 0 spiro atoms. The van der Waals surface area contributed by atoms with Gasteiger partial charge in [-0.25, -0.2) is 0 Å². The molecule has 2 aliphatic rings. The lowest BCUT2D eigenvalue weighted by molar-refractivity contribution is -0.128. The molecule has 2 saturated heterocycles. The van der Waals surface area contributed by atoms with E-state index in [9.17, 15) is 4.79 Å². The van der Waals surface area contributed by atoms with E-state index in [1.54, 1.807) is 20.3 Å². The predicted octanol–water partition coefficient (Wildman–Crippen LogP) is 4.34. The molecule has 2 aliphatic heterocycles. The Kier molecular flexibility index (Phi) is 8.31. The maximum atomic E-state index is 13.2. The number of benzene rings is 2. The monoisotopic (exact) mass is 481 g/mol. The lowest BCUT2D eigenvalue weighted by Crippen LogP contribution is -2.44. The average molecular weight is 482 g/mol. The van der Waals surface area contributed by atoms with Crippen LogP contribution in [0.4, 0.5) is 0 Å². The summed E-state index contributed by atoms with van der Waals surface area (Å²) in [6.07, 6.45) is 5.49. The van der Waals surface area contributed by atoms with E-state index in [1.807, 2.05) is 53.4 Å². The molecule has 7 heteroatoms. The van der Waals surface area contributed by atoms with Crippen LogP contribution in [0.15, 0.2) is 48.5 Å². The van der Waals surface area contributed by atoms with Crippen LogP contribution >= 0.6 is 0 Å². The second-order valence-corrected chi connectivity index (χ2v) is 9.54. The van der Waals surface area contributed by atoms with E-state index in [0.717, 1.165) is 36.3 Å². The first kappa shape index (κ1) is 25.1. The molecule has 188 valence electrons. The van der Waals surface area contributed by atoms with Crippen molar-refractivity contribution in [3.05, 3.63) is 59.7 Å². The Labute approximate surface area is 207 Å². The molecule has 2 heterocycles. The number of methoxy groups -OCH3 is 2. The molecule has 0 radical (unpaired) electrons. The number of hydrogen-bond acceptors (Lipinski definition) is 6. The highest BCUT2D eigenvalue weighted by molar-refractivity contribution is 5.91. The molecule has 0 aliphatic carbocycles. The zero-order valence-electron chi connectivity index (χ0n) is 20.8. The summed E-state index contributed by atoms with van der Waals surface area (Å²) < 4.78 is 28.0. The van der Waals surface area contributed by atoms with Gasteiger partial charge < -0.3 is 28.6 Å². The predicted molar refractivity (Wildman–Crippen MR) is 134 cm³/mol. The molecular weight excluding hydrogens is 446 g/mol. The Balaban J connectivity index is 1.48. The fourth-order valence-corrected chi connectivity index (χ4v) is 4.19. The van der Waals surface area contributed by atoms with Crippen LogP contribution in [0.25, 0.3) is 6.08 Å². The second kappa shape index (κ2) is 11.6. The minimum Gasteiger partial charge on any atom is -0.497 e. The van der Waals surface area contributed by atoms with Crippen LogP contribution in [0.5, 0.6) is 17.2 Å². The third-order valence-corrected chi connectivity index (χ3v) is 6.37. The van der Waals surface area contributed by atoms with Crippen LogP contribution < -0.4 is 14.2 Å². The number of ether oxygens (including phenoxy) is 5. The van der Waals surface area contributed by atoms with Gasteiger partial charge in [0.25, 0.3) is 0 Å². The van der Waals surface area contributed by atoms with Gasteiger partial charge in [-0.1, -0.05) is 25.1 Å². The van der Waals surface area contributed by atoms with Crippen LogP contribution in [0.1, 0.15) is 30.9 Å². The average Bonchev–Trinajstić information content (AvgIpc) is 3.38. The molecule has 2 aromatic carbocycles. The van der Waals surface area contributed by atoms with Gasteiger partial charge in [0.15, 0.2) is 11.5 Å². The van der Waals surface area contributed by atoms with E-state index in [1.165, 1.54) is 0 Å². The molecule has 35 heavy (non-hydrogen) atoms. The van der Waals surface area contributed by atoms with Crippen molar-refractivity contribution >= 4 is 12.0 Å². The largest absolute Gasteiger partial charge is 0.497 e.